The van der Waals surface area contributed by atoms with Crippen molar-refractivity contribution in [3.8, 4) is 0 Å². The summed E-state index contributed by atoms with van der Waals surface area (Å²) in [5.74, 6) is -0.339. The minimum Gasteiger partial charge on any atom is -0.384 e. The van der Waals surface area contributed by atoms with Crippen LogP contribution in [0.15, 0.2) is 46.9 Å². The number of aliphatic hydroxyl groups excluding tert-OH is 1. The molecule has 2 aromatic carbocycles. The maximum Gasteiger partial charge on any atom is 0.123 e. The van der Waals surface area contributed by atoms with Crippen LogP contribution in [0, 0.1) is 12.7 Å². The molecule has 0 saturated carbocycles. The molecule has 0 fully saturated rings. The first-order chi connectivity index (χ1) is 8.08. The molecule has 1 nitrogen and oxygen atoms in total. The van der Waals surface area contributed by atoms with Gasteiger partial charge in [-0.05, 0) is 47.9 Å². The highest BCUT2D eigenvalue weighted by molar-refractivity contribution is 9.10. The Kier molecular flexibility index (Phi) is 3.60. The van der Waals surface area contributed by atoms with E-state index in [1.165, 1.54) is 12.1 Å². The smallest absolute Gasteiger partial charge is 0.123 e. The molecule has 0 saturated heterocycles. The molecule has 0 spiro atoms. The molecular formula is C14H12BrFO. The van der Waals surface area contributed by atoms with Gasteiger partial charge in [0.1, 0.15) is 11.9 Å². The van der Waals surface area contributed by atoms with E-state index in [4.69, 9.17) is 0 Å². The van der Waals surface area contributed by atoms with E-state index in [-0.39, 0.29) is 5.82 Å². The highest BCUT2D eigenvalue weighted by Gasteiger charge is 2.13. The molecule has 1 unspecified atom stereocenters. The van der Waals surface area contributed by atoms with Gasteiger partial charge in [0.15, 0.2) is 0 Å². The van der Waals surface area contributed by atoms with Gasteiger partial charge >= 0.3 is 0 Å². The van der Waals surface area contributed by atoms with Crippen LogP contribution in [0.25, 0.3) is 0 Å². The van der Waals surface area contributed by atoms with Gasteiger partial charge in [-0.15, -0.1) is 0 Å². The lowest BCUT2D eigenvalue weighted by atomic mass is 9.97. The van der Waals surface area contributed by atoms with E-state index in [1.54, 1.807) is 12.1 Å². The predicted molar refractivity (Wildman–Crippen MR) is 69.3 cm³/mol. The van der Waals surface area contributed by atoms with Crippen molar-refractivity contribution in [3.63, 3.8) is 0 Å². The lowest BCUT2D eigenvalue weighted by Gasteiger charge is -2.14. The third-order valence-corrected chi connectivity index (χ3v) is 3.19. The summed E-state index contributed by atoms with van der Waals surface area (Å²) in [5.41, 5.74) is 2.32. The van der Waals surface area contributed by atoms with Gasteiger partial charge in [-0.3, -0.25) is 0 Å². The summed E-state index contributed by atoms with van der Waals surface area (Å²) in [6, 6.07) is 11.7. The van der Waals surface area contributed by atoms with E-state index in [1.807, 2.05) is 25.1 Å². The molecule has 0 aliphatic rings. The Morgan fingerprint density at radius 2 is 1.94 bits per heavy atom. The standard InChI is InChI=1S/C14H12BrFO/c1-9-5-6-11(15)8-13(9)14(17)10-3-2-4-12(16)7-10/h2-8,14,17H,1H3. The van der Waals surface area contributed by atoms with E-state index in [2.05, 4.69) is 15.9 Å². The molecule has 0 aromatic heterocycles. The van der Waals surface area contributed by atoms with Gasteiger partial charge < -0.3 is 5.11 Å². The van der Waals surface area contributed by atoms with Crippen LogP contribution >= 0.6 is 15.9 Å². The SMILES string of the molecule is Cc1ccc(Br)cc1C(O)c1cccc(F)c1. The fraction of sp³-hybridized carbons (Fsp3) is 0.143. The molecule has 2 aromatic rings. The summed E-state index contributed by atoms with van der Waals surface area (Å²) < 4.78 is 14.0. The highest BCUT2D eigenvalue weighted by atomic mass is 79.9. The summed E-state index contributed by atoms with van der Waals surface area (Å²) in [6.45, 7) is 1.92. The van der Waals surface area contributed by atoms with Crippen molar-refractivity contribution in [2.75, 3.05) is 0 Å². The van der Waals surface area contributed by atoms with Gasteiger partial charge in [-0.25, -0.2) is 4.39 Å². The summed E-state index contributed by atoms with van der Waals surface area (Å²) in [7, 11) is 0. The van der Waals surface area contributed by atoms with Crippen LogP contribution in [0.3, 0.4) is 0 Å². The number of rotatable bonds is 2. The molecule has 3 heteroatoms. The molecule has 17 heavy (non-hydrogen) atoms. The summed E-state index contributed by atoms with van der Waals surface area (Å²) in [6.07, 6.45) is -0.803. The Bertz CT molecular complexity index is 539. The van der Waals surface area contributed by atoms with Gasteiger partial charge in [0.05, 0.1) is 0 Å². The van der Waals surface area contributed by atoms with Gasteiger partial charge in [-0.1, -0.05) is 34.1 Å². The Balaban J connectivity index is 2.43. The number of aryl methyl sites for hydroxylation is 1. The zero-order valence-electron chi connectivity index (χ0n) is 9.32. The molecular weight excluding hydrogens is 283 g/mol. The summed E-state index contributed by atoms with van der Waals surface area (Å²) >= 11 is 3.37. The van der Waals surface area contributed by atoms with Crippen LogP contribution in [-0.4, -0.2) is 5.11 Å². The number of halogens is 2. The lowest BCUT2D eigenvalue weighted by molar-refractivity contribution is 0.219. The fourth-order valence-corrected chi connectivity index (χ4v) is 2.14. The first-order valence-electron chi connectivity index (χ1n) is 5.27. The second-order valence-electron chi connectivity index (χ2n) is 3.96. The monoisotopic (exact) mass is 294 g/mol. The molecule has 0 heterocycles. The fourth-order valence-electron chi connectivity index (χ4n) is 1.76. The van der Waals surface area contributed by atoms with E-state index >= 15 is 0 Å². The first kappa shape index (κ1) is 12.3. The lowest BCUT2D eigenvalue weighted by Crippen LogP contribution is -2.02. The topological polar surface area (TPSA) is 20.2 Å². The maximum absolute atomic E-state index is 13.1. The van der Waals surface area contributed by atoms with E-state index in [0.717, 1.165) is 15.6 Å². The molecule has 1 N–H and O–H groups in total. The maximum atomic E-state index is 13.1. The Hall–Kier alpha value is -1.19. The van der Waals surface area contributed by atoms with Crippen LogP contribution in [-0.2, 0) is 0 Å². The van der Waals surface area contributed by atoms with Crippen molar-refractivity contribution < 1.29 is 9.50 Å². The molecule has 0 amide bonds. The molecule has 0 radical (unpaired) electrons. The average molecular weight is 295 g/mol. The zero-order valence-corrected chi connectivity index (χ0v) is 10.9. The van der Waals surface area contributed by atoms with Crippen molar-refractivity contribution >= 4 is 15.9 Å². The minimum absolute atomic E-state index is 0.339. The van der Waals surface area contributed by atoms with Crippen LogP contribution < -0.4 is 0 Å². The number of hydrogen-bond donors (Lipinski definition) is 1. The van der Waals surface area contributed by atoms with Crippen molar-refractivity contribution in [1.29, 1.82) is 0 Å². The number of benzene rings is 2. The van der Waals surface area contributed by atoms with Crippen molar-refractivity contribution in [1.82, 2.24) is 0 Å². The molecule has 1 atom stereocenters. The second-order valence-corrected chi connectivity index (χ2v) is 4.87. The molecule has 88 valence electrons. The molecule has 0 bridgehead atoms. The van der Waals surface area contributed by atoms with Crippen LogP contribution in [0.4, 0.5) is 4.39 Å². The summed E-state index contributed by atoms with van der Waals surface area (Å²) in [4.78, 5) is 0. The van der Waals surface area contributed by atoms with Gasteiger partial charge in [0.25, 0.3) is 0 Å². The number of hydrogen-bond acceptors (Lipinski definition) is 1. The summed E-state index contributed by atoms with van der Waals surface area (Å²) in [5, 5.41) is 10.2. The van der Waals surface area contributed by atoms with Gasteiger partial charge in [-0.2, -0.15) is 0 Å². The first-order valence-corrected chi connectivity index (χ1v) is 6.07. The normalized spacial score (nSPS) is 12.5. The van der Waals surface area contributed by atoms with Crippen LogP contribution in [0.5, 0.6) is 0 Å². The third kappa shape index (κ3) is 2.73. The quantitative estimate of drug-likeness (QED) is 0.888. The molecule has 2 rings (SSSR count). The minimum atomic E-state index is -0.803. The van der Waals surface area contributed by atoms with E-state index in [9.17, 15) is 9.50 Å². The third-order valence-electron chi connectivity index (χ3n) is 2.70. The van der Waals surface area contributed by atoms with Crippen LogP contribution in [0.2, 0.25) is 0 Å². The average Bonchev–Trinajstić information content (AvgIpc) is 2.31. The predicted octanol–water partition coefficient (Wildman–Crippen LogP) is 3.98. The molecule has 0 aliphatic heterocycles. The Labute approximate surface area is 108 Å². The number of aliphatic hydroxyl groups is 1. The van der Waals surface area contributed by atoms with Crippen molar-refractivity contribution in [2.24, 2.45) is 0 Å². The van der Waals surface area contributed by atoms with E-state index < -0.39 is 6.10 Å². The molecule has 0 aliphatic carbocycles. The van der Waals surface area contributed by atoms with Crippen molar-refractivity contribution in [3.05, 3.63) is 69.4 Å². The Morgan fingerprint density at radius 3 is 2.65 bits per heavy atom. The second kappa shape index (κ2) is 4.98. The largest absolute Gasteiger partial charge is 0.384 e. The van der Waals surface area contributed by atoms with Gasteiger partial charge in [0.2, 0.25) is 0 Å². The van der Waals surface area contributed by atoms with Crippen molar-refractivity contribution in [2.45, 2.75) is 13.0 Å². The highest BCUT2D eigenvalue weighted by Crippen LogP contribution is 2.27. The van der Waals surface area contributed by atoms with E-state index in [0.29, 0.717) is 5.56 Å². The Morgan fingerprint density at radius 1 is 1.18 bits per heavy atom. The van der Waals surface area contributed by atoms with Crippen LogP contribution in [0.1, 0.15) is 22.8 Å². The van der Waals surface area contributed by atoms with Gasteiger partial charge in [0, 0.05) is 4.47 Å². The zero-order chi connectivity index (χ0) is 12.4.